The number of amides is 1. The number of fused-ring (bicyclic) bond motifs is 1. The fraction of sp³-hybridized carbons (Fsp3) is 0.448. The van der Waals surface area contributed by atoms with Gasteiger partial charge < -0.3 is 24.4 Å². The summed E-state index contributed by atoms with van der Waals surface area (Å²) in [5, 5.41) is 3.82. The first-order valence-corrected chi connectivity index (χ1v) is 12.9. The largest absolute Gasteiger partial charge is 0.494 e. The first-order chi connectivity index (χ1) is 17.9. The summed E-state index contributed by atoms with van der Waals surface area (Å²) < 4.78 is 30.8. The quantitative estimate of drug-likeness (QED) is 0.403. The van der Waals surface area contributed by atoms with Crippen LogP contribution in [0, 0.1) is 5.82 Å². The molecule has 1 aliphatic heterocycles. The first kappa shape index (κ1) is 26.8. The Morgan fingerprint density at radius 1 is 1.16 bits per heavy atom. The van der Waals surface area contributed by atoms with E-state index in [0.29, 0.717) is 17.9 Å². The third-order valence-corrected chi connectivity index (χ3v) is 6.29. The minimum absolute atomic E-state index is 0.0251. The molecule has 0 radical (unpaired) electrons. The Balaban J connectivity index is 1.55. The van der Waals surface area contributed by atoms with E-state index >= 15 is 0 Å². The van der Waals surface area contributed by atoms with E-state index in [1.54, 1.807) is 12.1 Å². The molecule has 1 N–H and O–H groups in total. The van der Waals surface area contributed by atoms with Gasteiger partial charge in [-0.05, 0) is 74.7 Å². The lowest BCUT2D eigenvalue weighted by atomic mass is 10.00. The van der Waals surface area contributed by atoms with Crippen LogP contribution in [-0.4, -0.2) is 68.4 Å². The number of benzene rings is 2. The smallest absolute Gasteiger partial charge is 0.224 e. The third-order valence-electron chi connectivity index (χ3n) is 6.29. The Morgan fingerprint density at radius 2 is 2.03 bits per heavy atom. The van der Waals surface area contributed by atoms with E-state index in [4.69, 9.17) is 19.2 Å². The fourth-order valence-electron chi connectivity index (χ4n) is 4.53. The van der Waals surface area contributed by atoms with Gasteiger partial charge in [0.25, 0.3) is 0 Å². The average molecular weight is 510 g/mol. The molecule has 2 heterocycles. The van der Waals surface area contributed by atoms with Gasteiger partial charge in [0, 0.05) is 43.2 Å². The van der Waals surface area contributed by atoms with E-state index in [-0.39, 0.29) is 24.1 Å². The summed E-state index contributed by atoms with van der Waals surface area (Å²) in [6.07, 6.45) is 2.16. The van der Waals surface area contributed by atoms with Crippen LogP contribution in [-0.2, 0) is 16.0 Å². The van der Waals surface area contributed by atoms with Gasteiger partial charge in [0.05, 0.1) is 38.0 Å². The Labute approximate surface area is 217 Å². The van der Waals surface area contributed by atoms with Crippen LogP contribution in [0.5, 0.6) is 11.5 Å². The molecule has 3 aromatic rings. The summed E-state index contributed by atoms with van der Waals surface area (Å²) in [7, 11) is 1.43. The highest BCUT2D eigenvalue weighted by atomic mass is 19.1. The van der Waals surface area contributed by atoms with Crippen molar-refractivity contribution >= 4 is 16.8 Å². The lowest BCUT2D eigenvalue weighted by Crippen LogP contribution is -2.31. The highest BCUT2D eigenvalue weighted by Gasteiger charge is 2.16. The second-order valence-corrected chi connectivity index (χ2v) is 9.61. The van der Waals surface area contributed by atoms with Crippen LogP contribution in [0.25, 0.3) is 22.2 Å². The molecule has 2 aromatic carbocycles. The molecule has 8 heteroatoms. The molecule has 7 nitrogen and oxygen atoms in total. The van der Waals surface area contributed by atoms with Crippen molar-refractivity contribution in [1.82, 2.24) is 15.2 Å². The molecular formula is C29H36FN3O4. The maximum absolute atomic E-state index is 14.1. The standard InChI is InChI=1S/C29H36FN3O4/c1-20(2)31-28(34)19-23-16-22-17-24(37-14-5-11-33-10-4-13-36-15-12-33)7-9-26(22)32-29(23)21-6-8-25(30)27(18-21)35-3/h6-9,16-18,20H,4-5,10-15,19H2,1-3H3,(H,31,34). The molecule has 0 bridgehead atoms. The molecule has 0 atom stereocenters. The van der Waals surface area contributed by atoms with Crippen molar-refractivity contribution in [3.05, 3.63) is 53.8 Å². The molecule has 1 fully saturated rings. The van der Waals surface area contributed by atoms with Crippen molar-refractivity contribution in [3.63, 3.8) is 0 Å². The summed E-state index contributed by atoms with van der Waals surface area (Å²) in [4.78, 5) is 19.9. The lowest BCUT2D eigenvalue weighted by Gasteiger charge is -2.19. The van der Waals surface area contributed by atoms with Crippen molar-refractivity contribution in [2.45, 2.75) is 39.2 Å². The van der Waals surface area contributed by atoms with E-state index in [1.807, 2.05) is 38.1 Å². The molecule has 4 rings (SSSR count). The van der Waals surface area contributed by atoms with Crippen LogP contribution in [0.1, 0.15) is 32.3 Å². The summed E-state index contributed by atoms with van der Waals surface area (Å²) >= 11 is 0. The molecule has 1 saturated heterocycles. The molecular weight excluding hydrogens is 473 g/mol. The second kappa shape index (κ2) is 12.8. The van der Waals surface area contributed by atoms with E-state index in [0.717, 1.165) is 67.9 Å². The molecule has 37 heavy (non-hydrogen) atoms. The molecule has 0 saturated carbocycles. The Hall–Kier alpha value is -3.23. The molecule has 0 aliphatic carbocycles. The number of carbonyl (C=O) groups excluding carboxylic acids is 1. The zero-order valence-electron chi connectivity index (χ0n) is 21.9. The summed E-state index contributed by atoms with van der Waals surface area (Å²) in [5.74, 6) is 0.352. The number of hydrogen-bond donors (Lipinski definition) is 1. The predicted octanol–water partition coefficient (Wildman–Crippen LogP) is 4.61. The average Bonchev–Trinajstić information content (AvgIpc) is 3.15. The first-order valence-electron chi connectivity index (χ1n) is 12.9. The summed E-state index contributed by atoms with van der Waals surface area (Å²) in [6.45, 7) is 9.12. The van der Waals surface area contributed by atoms with Crippen LogP contribution < -0.4 is 14.8 Å². The van der Waals surface area contributed by atoms with E-state index in [1.165, 1.54) is 13.2 Å². The van der Waals surface area contributed by atoms with Crippen LogP contribution in [0.15, 0.2) is 42.5 Å². The van der Waals surface area contributed by atoms with Gasteiger partial charge in [-0.15, -0.1) is 0 Å². The fourth-order valence-corrected chi connectivity index (χ4v) is 4.53. The van der Waals surface area contributed by atoms with E-state index in [2.05, 4.69) is 10.2 Å². The van der Waals surface area contributed by atoms with Crippen LogP contribution in [0.2, 0.25) is 0 Å². The monoisotopic (exact) mass is 509 g/mol. The van der Waals surface area contributed by atoms with E-state index in [9.17, 15) is 9.18 Å². The SMILES string of the molecule is COc1cc(-c2nc3ccc(OCCCN4CCCOCC4)cc3cc2CC(=O)NC(C)C)ccc1F. The minimum atomic E-state index is -0.447. The van der Waals surface area contributed by atoms with Gasteiger partial charge in [-0.3, -0.25) is 4.79 Å². The number of methoxy groups -OCH3 is 1. The zero-order chi connectivity index (χ0) is 26.2. The van der Waals surface area contributed by atoms with Gasteiger partial charge in [-0.2, -0.15) is 0 Å². The Bertz CT molecular complexity index is 1210. The molecule has 1 aliphatic rings. The number of rotatable bonds is 10. The Kier molecular flexibility index (Phi) is 9.30. The van der Waals surface area contributed by atoms with Crippen molar-refractivity contribution < 1.29 is 23.4 Å². The maximum Gasteiger partial charge on any atom is 0.224 e. The van der Waals surface area contributed by atoms with Crippen molar-refractivity contribution in [2.24, 2.45) is 0 Å². The number of carbonyl (C=O) groups is 1. The molecule has 0 spiro atoms. The second-order valence-electron chi connectivity index (χ2n) is 9.61. The predicted molar refractivity (Wildman–Crippen MR) is 143 cm³/mol. The normalized spacial score (nSPS) is 14.5. The van der Waals surface area contributed by atoms with Gasteiger partial charge in [0.15, 0.2) is 11.6 Å². The third kappa shape index (κ3) is 7.40. The lowest BCUT2D eigenvalue weighted by molar-refractivity contribution is -0.120. The number of hydrogen-bond acceptors (Lipinski definition) is 6. The molecule has 0 unspecified atom stereocenters. The number of ether oxygens (including phenoxy) is 3. The van der Waals surface area contributed by atoms with Gasteiger partial charge in [-0.25, -0.2) is 9.37 Å². The van der Waals surface area contributed by atoms with Crippen molar-refractivity contribution in [1.29, 1.82) is 0 Å². The minimum Gasteiger partial charge on any atom is -0.494 e. The number of pyridine rings is 1. The zero-order valence-corrected chi connectivity index (χ0v) is 21.9. The van der Waals surface area contributed by atoms with Crippen molar-refractivity contribution in [3.8, 4) is 22.8 Å². The van der Waals surface area contributed by atoms with Gasteiger partial charge >= 0.3 is 0 Å². The maximum atomic E-state index is 14.1. The van der Waals surface area contributed by atoms with E-state index < -0.39 is 5.82 Å². The highest BCUT2D eigenvalue weighted by molar-refractivity contribution is 5.88. The molecule has 1 aromatic heterocycles. The summed E-state index contributed by atoms with van der Waals surface area (Å²) in [5.41, 5.74) is 2.83. The topological polar surface area (TPSA) is 72.9 Å². The van der Waals surface area contributed by atoms with Gasteiger partial charge in [-0.1, -0.05) is 0 Å². The summed E-state index contributed by atoms with van der Waals surface area (Å²) in [6, 6.07) is 12.4. The Morgan fingerprint density at radius 3 is 2.84 bits per heavy atom. The van der Waals surface area contributed by atoms with Crippen LogP contribution >= 0.6 is 0 Å². The number of nitrogens with one attached hydrogen (secondary N) is 1. The van der Waals surface area contributed by atoms with Crippen LogP contribution in [0.3, 0.4) is 0 Å². The van der Waals surface area contributed by atoms with Gasteiger partial charge in [0.2, 0.25) is 5.91 Å². The number of nitrogens with zero attached hydrogens (tertiary/aromatic N) is 2. The highest BCUT2D eigenvalue weighted by Crippen LogP contribution is 2.31. The van der Waals surface area contributed by atoms with Crippen LogP contribution in [0.4, 0.5) is 4.39 Å². The van der Waals surface area contributed by atoms with Crippen molar-refractivity contribution in [2.75, 3.05) is 46.6 Å². The number of aromatic nitrogens is 1. The van der Waals surface area contributed by atoms with Gasteiger partial charge in [0.1, 0.15) is 5.75 Å². The molecule has 1 amide bonds. The molecule has 198 valence electrons. The number of halogens is 1.